The number of esters is 1. The normalized spacial score (nSPS) is 10.6. The molecule has 0 saturated heterocycles. The number of fused-ring (bicyclic) bond motifs is 1. The van der Waals surface area contributed by atoms with Gasteiger partial charge in [-0.3, -0.25) is 9.59 Å². The molecular formula is C18H17N3O3S. The van der Waals surface area contributed by atoms with Gasteiger partial charge in [-0.1, -0.05) is 41.7 Å². The zero-order chi connectivity index (χ0) is 17.8. The van der Waals surface area contributed by atoms with Gasteiger partial charge in [-0.2, -0.15) is 0 Å². The topological polar surface area (TPSA) is 85.5 Å². The molecule has 0 bridgehead atoms. The summed E-state index contributed by atoms with van der Waals surface area (Å²) in [5, 5.41) is 0.454. The van der Waals surface area contributed by atoms with Crippen LogP contribution in [0.25, 0.3) is 10.2 Å². The van der Waals surface area contributed by atoms with E-state index < -0.39 is 5.97 Å². The number of nitrogen functional groups attached to an aromatic ring is 1. The minimum atomic E-state index is -0.465. The average Bonchev–Trinajstić information content (AvgIpc) is 3.00. The van der Waals surface area contributed by atoms with Crippen molar-refractivity contribution < 1.29 is 14.3 Å². The Hall–Kier alpha value is -2.93. The molecule has 0 saturated carbocycles. The van der Waals surface area contributed by atoms with Crippen LogP contribution >= 0.6 is 11.3 Å². The first-order chi connectivity index (χ1) is 12.1. The van der Waals surface area contributed by atoms with Gasteiger partial charge >= 0.3 is 5.97 Å². The predicted molar refractivity (Wildman–Crippen MR) is 97.2 cm³/mol. The second kappa shape index (κ2) is 7.31. The number of thiazole rings is 1. The number of anilines is 1. The van der Waals surface area contributed by atoms with Gasteiger partial charge in [0.2, 0.25) is 0 Å². The summed E-state index contributed by atoms with van der Waals surface area (Å²) in [4.78, 5) is 30.3. The molecule has 1 amide bonds. The second-order valence-electron chi connectivity index (χ2n) is 5.46. The van der Waals surface area contributed by atoms with Crippen LogP contribution in [-0.2, 0) is 16.1 Å². The van der Waals surface area contributed by atoms with Crippen LogP contribution in [0.15, 0.2) is 48.5 Å². The van der Waals surface area contributed by atoms with Crippen molar-refractivity contribution in [1.82, 2.24) is 9.88 Å². The van der Waals surface area contributed by atoms with Crippen LogP contribution in [0.5, 0.6) is 0 Å². The number of benzene rings is 2. The van der Waals surface area contributed by atoms with Crippen molar-refractivity contribution in [2.45, 2.75) is 6.54 Å². The molecule has 2 aromatic carbocycles. The highest BCUT2D eigenvalue weighted by Gasteiger charge is 2.20. The predicted octanol–water partition coefficient (Wildman–Crippen LogP) is 2.69. The lowest BCUT2D eigenvalue weighted by atomic mass is 10.1. The number of methoxy groups -OCH3 is 1. The molecule has 6 nitrogen and oxygen atoms in total. The largest absolute Gasteiger partial charge is 0.468 e. The third-order valence-corrected chi connectivity index (χ3v) is 4.55. The molecule has 1 heterocycles. The van der Waals surface area contributed by atoms with E-state index in [2.05, 4.69) is 4.98 Å². The first-order valence-electron chi connectivity index (χ1n) is 7.63. The van der Waals surface area contributed by atoms with E-state index >= 15 is 0 Å². The lowest BCUT2D eigenvalue weighted by molar-refractivity contribution is -0.141. The maximum Gasteiger partial charge on any atom is 0.325 e. The van der Waals surface area contributed by atoms with Crippen LogP contribution in [-0.4, -0.2) is 35.4 Å². The van der Waals surface area contributed by atoms with Gasteiger partial charge in [-0.15, -0.1) is 0 Å². The zero-order valence-corrected chi connectivity index (χ0v) is 14.5. The smallest absolute Gasteiger partial charge is 0.325 e. The van der Waals surface area contributed by atoms with E-state index in [0.29, 0.717) is 17.2 Å². The summed E-state index contributed by atoms with van der Waals surface area (Å²) in [6, 6.07) is 14.7. The van der Waals surface area contributed by atoms with Crippen molar-refractivity contribution in [3.8, 4) is 0 Å². The van der Waals surface area contributed by atoms with Crippen molar-refractivity contribution in [2.75, 3.05) is 19.4 Å². The number of carbonyl (C=O) groups is 2. The van der Waals surface area contributed by atoms with Gasteiger partial charge < -0.3 is 15.4 Å². The highest BCUT2D eigenvalue weighted by molar-refractivity contribution is 7.22. The fraction of sp³-hybridized carbons (Fsp3) is 0.167. The third kappa shape index (κ3) is 3.95. The van der Waals surface area contributed by atoms with Crippen molar-refractivity contribution >= 4 is 38.6 Å². The zero-order valence-electron chi connectivity index (χ0n) is 13.6. The van der Waals surface area contributed by atoms with E-state index in [0.717, 1.165) is 15.8 Å². The average molecular weight is 355 g/mol. The number of rotatable bonds is 5. The van der Waals surface area contributed by atoms with Gasteiger partial charge in [0.1, 0.15) is 6.54 Å². The molecular weight excluding hydrogens is 338 g/mol. The fourth-order valence-electron chi connectivity index (χ4n) is 2.48. The molecule has 0 atom stereocenters. The Morgan fingerprint density at radius 1 is 1.20 bits per heavy atom. The molecule has 0 aliphatic heterocycles. The minimum Gasteiger partial charge on any atom is -0.468 e. The monoisotopic (exact) mass is 355 g/mol. The molecule has 25 heavy (non-hydrogen) atoms. The summed E-state index contributed by atoms with van der Waals surface area (Å²) < 4.78 is 5.56. The number of hydrogen-bond acceptors (Lipinski definition) is 6. The van der Waals surface area contributed by atoms with Gasteiger partial charge in [0.25, 0.3) is 5.91 Å². The molecule has 0 radical (unpaired) electrons. The molecule has 7 heteroatoms. The SMILES string of the molecule is COC(=O)CN(Cc1ccccc1)C(=O)c1ccc2nc(N)sc2c1. The summed E-state index contributed by atoms with van der Waals surface area (Å²) in [6.45, 7) is 0.199. The van der Waals surface area contributed by atoms with Crippen LogP contribution in [0.1, 0.15) is 15.9 Å². The summed E-state index contributed by atoms with van der Waals surface area (Å²) in [5.74, 6) is -0.712. The van der Waals surface area contributed by atoms with Gasteiger partial charge in [-0.05, 0) is 23.8 Å². The summed E-state index contributed by atoms with van der Waals surface area (Å²) in [7, 11) is 1.31. The van der Waals surface area contributed by atoms with Crippen LogP contribution in [0.3, 0.4) is 0 Å². The highest BCUT2D eigenvalue weighted by atomic mass is 32.1. The molecule has 1 aromatic heterocycles. The van der Waals surface area contributed by atoms with Crippen LogP contribution in [0, 0.1) is 0 Å². The van der Waals surface area contributed by atoms with E-state index in [-0.39, 0.29) is 12.5 Å². The number of ether oxygens (including phenoxy) is 1. The number of amides is 1. The molecule has 0 aliphatic carbocycles. The van der Waals surface area contributed by atoms with Gasteiger partial charge in [-0.25, -0.2) is 4.98 Å². The fourth-order valence-corrected chi connectivity index (χ4v) is 3.26. The lowest BCUT2D eigenvalue weighted by Gasteiger charge is -2.21. The van der Waals surface area contributed by atoms with Crippen molar-refractivity contribution in [1.29, 1.82) is 0 Å². The summed E-state index contributed by atoms with van der Waals surface area (Å²) >= 11 is 1.32. The molecule has 128 valence electrons. The Morgan fingerprint density at radius 2 is 1.96 bits per heavy atom. The van der Waals surface area contributed by atoms with Crippen molar-refractivity contribution in [3.63, 3.8) is 0 Å². The van der Waals surface area contributed by atoms with E-state index in [1.807, 2.05) is 30.3 Å². The van der Waals surface area contributed by atoms with Crippen LogP contribution < -0.4 is 5.73 Å². The second-order valence-corrected chi connectivity index (χ2v) is 6.52. The lowest BCUT2D eigenvalue weighted by Crippen LogP contribution is -2.35. The first kappa shape index (κ1) is 16.9. The quantitative estimate of drug-likeness (QED) is 0.711. The van der Waals surface area contributed by atoms with Crippen LogP contribution in [0.2, 0.25) is 0 Å². The molecule has 3 rings (SSSR count). The minimum absolute atomic E-state index is 0.118. The highest BCUT2D eigenvalue weighted by Crippen LogP contribution is 2.25. The first-order valence-corrected chi connectivity index (χ1v) is 8.44. The molecule has 3 aromatic rings. The van der Waals surface area contributed by atoms with E-state index in [1.165, 1.54) is 23.3 Å². The Balaban J connectivity index is 1.89. The summed E-state index contributed by atoms with van der Waals surface area (Å²) in [6.07, 6.45) is 0. The number of hydrogen-bond donors (Lipinski definition) is 1. The number of nitrogens with zero attached hydrogens (tertiary/aromatic N) is 2. The maximum absolute atomic E-state index is 12.9. The number of carbonyl (C=O) groups excluding carboxylic acids is 2. The Morgan fingerprint density at radius 3 is 2.68 bits per heavy atom. The van der Waals surface area contributed by atoms with Crippen LogP contribution in [0.4, 0.5) is 5.13 Å². The molecule has 2 N–H and O–H groups in total. The molecule has 0 fully saturated rings. The van der Waals surface area contributed by atoms with E-state index in [9.17, 15) is 9.59 Å². The summed E-state index contributed by atoms with van der Waals surface area (Å²) in [5.41, 5.74) is 7.88. The Bertz CT molecular complexity index is 908. The Kier molecular flexibility index (Phi) is 4.95. The van der Waals surface area contributed by atoms with Gasteiger partial charge in [0.15, 0.2) is 5.13 Å². The molecule has 0 aliphatic rings. The van der Waals surface area contributed by atoms with Crippen molar-refractivity contribution in [2.24, 2.45) is 0 Å². The number of aromatic nitrogens is 1. The number of nitrogens with two attached hydrogens (primary N) is 1. The Labute approximate surface area is 148 Å². The van der Waals surface area contributed by atoms with Gasteiger partial charge in [0.05, 0.1) is 17.3 Å². The standard InChI is InChI=1S/C18H17N3O3S/c1-24-16(22)11-21(10-12-5-3-2-4-6-12)17(23)13-7-8-14-15(9-13)25-18(19)20-14/h2-9H,10-11H2,1H3,(H2,19,20). The van der Waals surface area contributed by atoms with E-state index in [4.69, 9.17) is 10.5 Å². The van der Waals surface area contributed by atoms with E-state index in [1.54, 1.807) is 18.2 Å². The van der Waals surface area contributed by atoms with Gasteiger partial charge in [0, 0.05) is 12.1 Å². The van der Waals surface area contributed by atoms with Crippen molar-refractivity contribution in [3.05, 3.63) is 59.7 Å². The third-order valence-electron chi connectivity index (χ3n) is 3.70. The molecule has 0 unspecified atom stereocenters. The maximum atomic E-state index is 12.9. The molecule has 0 spiro atoms.